The van der Waals surface area contributed by atoms with Crippen molar-refractivity contribution in [2.75, 3.05) is 5.73 Å². The molecule has 0 saturated heterocycles. The molecular formula is C28H24N7O3S+. The number of pyridine rings is 1. The lowest BCUT2D eigenvalue weighted by atomic mass is 10.1. The predicted octanol–water partition coefficient (Wildman–Crippen LogP) is 3.39. The number of aryl methyl sites for hydroxylation is 2. The summed E-state index contributed by atoms with van der Waals surface area (Å²) in [5.41, 5.74) is 10.2. The standard InChI is InChI=1S/C28H23N7O3S/c1-16-13-25(35(33-16)20-9-7-18-11-12-31-27(29)22(18)15-20)28(36)34-17(2)32-23-14-19(8-10-24(23)34)21-5-3-4-6-26(21)39(30,37)38/h3-15H,1-2H3,(H4,29,30,31,37,38)/p+1. The predicted molar refractivity (Wildman–Crippen MR) is 148 cm³/mol. The molecule has 194 valence electrons. The molecule has 39 heavy (non-hydrogen) atoms. The fourth-order valence-electron chi connectivity index (χ4n) is 4.91. The summed E-state index contributed by atoms with van der Waals surface area (Å²) < 4.78 is 27.5. The lowest BCUT2D eigenvalue weighted by Gasteiger charge is -2.08. The zero-order chi connectivity index (χ0) is 27.5. The number of rotatable bonds is 4. The number of imidazole rings is 1. The number of anilines is 1. The molecular weight excluding hydrogens is 514 g/mol. The molecule has 3 aromatic heterocycles. The van der Waals surface area contributed by atoms with E-state index in [1.165, 1.54) is 6.07 Å². The molecule has 0 unspecified atom stereocenters. The first-order valence-electron chi connectivity index (χ1n) is 12.0. The monoisotopic (exact) mass is 538 g/mol. The third-order valence-electron chi connectivity index (χ3n) is 6.67. The number of hydrogen-bond donors (Lipinski definition) is 3. The van der Waals surface area contributed by atoms with E-state index < -0.39 is 10.0 Å². The van der Waals surface area contributed by atoms with Crippen LogP contribution in [-0.4, -0.2) is 34.0 Å². The Morgan fingerprint density at radius 3 is 2.59 bits per heavy atom. The normalized spacial score (nSPS) is 11.9. The van der Waals surface area contributed by atoms with Gasteiger partial charge in [-0.2, -0.15) is 5.10 Å². The summed E-state index contributed by atoms with van der Waals surface area (Å²) in [7, 11) is -3.93. The van der Waals surface area contributed by atoms with Gasteiger partial charge in [0.15, 0.2) is 0 Å². The van der Waals surface area contributed by atoms with Crippen molar-refractivity contribution in [3.63, 3.8) is 0 Å². The summed E-state index contributed by atoms with van der Waals surface area (Å²) in [6.07, 6.45) is 1.66. The van der Waals surface area contributed by atoms with Crippen LogP contribution < -0.4 is 15.6 Å². The molecule has 5 N–H and O–H groups in total. The second kappa shape index (κ2) is 8.86. The quantitative estimate of drug-likeness (QED) is 0.292. The van der Waals surface area contributed by atoms with Gasteiger partial charge in [-0.15, -0.1) is 0 Å². The van der Waals surface area contributed by atoms with E-state index >= 15 is 0 Å². The van der Waals surface area contributed by atoms with Crippen molar-refractivity contribution in [1.82, 2.24) is 19.6 Å². The zero-order valence-corrected chi connectivity index (χ0v) is 21.9. The van der Waals surface area contributed by atoms with Crippen LogP contribution in [0.3, 0.4) is 0 Å². The number of carbonyl (C=O) groups is 1. The van der Waals surface area contributed by atoms with Gasteiger partial charge in [0, 0.05) is 35.3 Å². The number of nitrogens with two attached hydrogens (primary N) is 2. The molecule has 0 aliphatic rings. The molecule has 11 heteroatoms. The van der Waals surface area contributed by atoms with Crippen LogP contribution in [0.25, 0.3) is 38.6 Å². The maximum Gasteiger partial charge on any atom is 0.331 e. The molecule has 0 atom stereocenters. The third-order valence-corrected chi connectivity index (χ3v) is 7.64. The molecule has 0 radical (unpaired) electrons. The number of hydrogen-bond acceptors (Lipinski definition) is 6. The lowest BCUT2D eigenvalue weighted by Crippen LogP contribution is -2.40. The molecule has 10 nitrogen and oxygen atoms in total. The molecule has 6 rings (SSSR count). The van der Waals surface area contributed by atoms with Crippen LogP contribution in [0.15, 0.2) is 83.9 Å². The minimum atomic E-state index is -3.93. The molecule has 0 fully saturated rings. The van der Waals surface area contributed by atoms with E-state index in [4.69, 9.17) is 10.9 Å². The average Bonchev–Trinajstić information content (AvgIpc) is 3.46. The fourth-order valence-corrected chi connectivity index (χ4v) is 5.67. The van der Waals surface area contributed by atoms with E-state index in [9.17, 15) is 13.2 Å². The Balaban J connectivity index is 1.46. The number of benzene rings is 3. The largest absolute Gasteiger partial charge is 0.383 e. The molecule has 0 bridgehead atoms. The van der Waals surface area contributed by atoms with Gasteiger partial charge in [-0.05, 0) is 55.1 Å². The number of aromatic nitrogens is 5. The van der Waals surface area contributed by atoms with Crippen molar-refractivity contribution in [2.45, 2.75) is 18.7 Å². The summed E-state index contributed by atoms with van der Waals surface area (Å²) in [5, 5.41) is 10.4. The van der Waals surface area contributed by atoms with Crippen molar-refractivity contribution in [1.29, 1.82) is 0 Å². The Kier molecular flexibility index (Phi) is 5.56. The zero-order valence-electron chi connectivity index (χ0n) is 21.1. The molecule has 0 spiro atoms. The van der Waals surface area contributed by atoms with Gasteiger partial charge in [-0.3, -0.25) is 9.36 Å². The van der Waals surface area contributed by atoms with Gasteiger partial charge in [0.2, 0.25) is 15.7 Å². The number of sulfonamides is 1. The number of carbonyl (C=O) groups excluding carboxylic acids is 1. The molecule has 3 aromatic carbocycles. The Labute approximate surface area is 223 Å². The number of fused-ring (bicyclic) bond motifs is 2. The first kappa shape index (κ1) is 24.5. The summed E-state index contributed by atoms with van der Waals surface area (Å²) in [6.45, 7) is 3.63. The van der Waals surface area contributed by atoms with Crippen molar-refractivity contribution in [3.8, 4) is 16.8 Å². The van der Waals surface area contributed by atoms with Crippen molar-refractivity contribution in [2.24, 2.45) is 5.14 Å². The number of primary sulfonamides is 1. The molecule has 6 aromatic rings. The summed E-state index contributed by atoms with van der Waals surface area (Å²) >= 11 is 0. The second-order valence-corrected chi connectivity index (χ2v) is 10.8. The Bertz CT molecular complexity index is 2060. The smallest absolute Gasteiger partial charge is 0.331 e. The van der Waals surface area contributed by atoms with Gasteiger partial charge in [0.1, 0.15) is 11.6 Å². The van der Waals surface area contributed by atoms with E-state index in [1.807, 2.05) is 31.2 Å². The van der Waals surface area contributed by atoms with E-state index in [1.54, 1.807) is 64.8 Å². The highest BCUT2D eigenvalue weighted by Gasteiger charge is 2.29. The number of nitrogen functional groups attached to an aromatic ring is 1. The maximum atomic E-state index is 14.0. The number of aromatic amines is 1. The lowest BCUT2D eigenvalue weighted by molar-refractivity contribution is -0.657. The summed E-state index contributed by atoms with van der Waals surface area (Å²) in [4.78, 5) is 22.8. The van der Waals surface area contributed by atoms with Gasteiger partial charge >= 0.3 is 11.6 Å². The number of H-pyrrole nitrogens is 1. The van der Waals surface area contributed by atoms with Crippen LogP contribution in [-0.2, 0) is 10.0 Å². The molecule has 3 heterocycles. The molecule has 0 amide bonds. The van der Waals surface area contributed by atoms with Crippen LogP contribution in [0.2, 0.25) is 0 Å². The first-order valence-corrected chi connectivity index (χ1v) is 13.6. The minimum Gasteiger partial charge on any atom is -0.383 e. The van der Waals surface area contributed by atoms with E-state index in [2.05, 4.69) is 15.1 Å². The number of nitrogens with one attached hydrogen (secondary N) is 1. The van der Waals surface area contributed by atoms with Gasteiger partial charge in [-0.1, -0.05) is 28.9 Å². The fraction of sp³-hybridized carbons (Fsp3) is 0.0714. The van der Waals surface area contributed by atoms with Crippen LogP contribution >= 0.6 is 0 Å². The average molecular weight is 539 g/mol. The minimum absolute atomic E-state index is 0.0200. The third kappa shape index (κ3) is 4.13. The highest BCUT2D eigenvalue weighted by Crippen LogP contribution is 2.30. The van der Waals surface area contributed by atoms with Crippen LogP contribution in [0.1, 0.15) is 22.0 Å². The van der Waals surface area contributed by atoms with E-state index in [0.29, 0.717) is 39.5 Å². The van der Waals surface area contributed by atoms with E-state index in [-0.39, 0.29) is 10.8 Å². The van der Waals surface area contributed by atoms with Crippen LogP contribution in [0.4, 0.5) is 5.82 Å². The van der Waals surface area contributed by atoms with Crippen molar-refractivity contribution < 1.29 is 17.9 Å². The maximum absolute atomic E-state index is 14.0. The van der Waals surface area contributed by atoms with Gasteiger partial charge < -0.3 is 5.73 Å². The Morgan fingerprint density at radius 1 is 1.00 bits per heavy atom. The van der Waals surface area contributed by atoms with Crippen molar-refractivity contribution in [3.05, 3.63) is 96.2 Å². The summed E-state index contributed by atoms with van der Waals surface area (Å²) in [5.74, 6) is 0.614. The van der Waals surface area contributed by atoms with E-state index in [0.717, 1.165) is 22.2 Å². The van der Waals surface area contributed by atoms with Gasteiger partial charge in [0.05, 0.1) is 21.6 Å². The summed E-state index contributed by atoms with van der Waals surface area (Å²) in [6, 6.07) is 21.2. The highest BCUT2D eigenvalue weighted by atomic mass is 32.2. The van der Waals surface area contributed by atoms with Crippen LogP contribution in [0.5, 0.6) is 0 Å². The van der Waals surface area contributed by atoms with Gasteiger partial charge in [-0.25, -0.2) is 23.5 Å². The molecule has 0 saturated carbocycles. The first-order chi connectivity index (χ1) is 18.6. The van der Waals surface area contributed by atoms with Crippen LogP contribution in [0, 0.1) is 13.8 Å². The Morgan fingerprint density at radius 2 is 1.79 bits per heavy atom. The highest BCUT2D eigenvalue weighted by molar-refractivity contribution is 7.89. The Hall–Kier alpha value is -4.87. The van der Waals surface area contributed by atoms with Crippen molar-refractivity contribution >= 4 is 43.6 Å². The number of nitrogens with zero attached hydrogens (tertiary/aromatic N) is 4. The van der Waals surface area contributed by atoms with Gasteiger partial charge in [0.25, 0.3) is 0 Å². The molecule has 0 aliphatic carbocycles. The SMILES string of the molecule is Cc1cc(C(=O)n2c(C)nc3cc(-c4ccccc4S(N)(=O)=O)ccc32)[n+](-c2ccc3ccnc(N)c3c2)[nH]1. The molecule has 0 aliphatic heterocycles. The topological polar surface area (TPSA) is 154 Å². The second-order valence-electron chi connectivity index (χ2n) is 9.31.